The molecule has 0 amide bonds. The third-order valence-corrected chi connectivity index (χ3v) is 10.7. The first-order chi connectivity index (χ1) is 11.8. The van der Waals surface area contributed by atoms with E-state index in [0.29, 0.717) is 0 Å². The average Bonchev–Trinajstić information content (AvgIpc) is 2.58. The standard InChI is InChI=1S/C18H18S6/c1-13-2-15-3-14(1)8-20-22-11-17-4-16(10-21-19-7-13)5-18(6-17)12-24-23-9-15/h1-6H,7-12H2. The van der Waals surface area contributed by atoms with Crippen molar-refractivity contribution in [2.75, 3.05) is 0 Å². The van der Waals surface area contributed by atoms with Gasteiger partial charge < -0.3 is 0 Å². The molecule has 6 heteroatoms. The van der Waals surface area contributed by atoms with E-state index in [1.807, 2.05) is 64.8 Å². The maximum atomic E-state index is 2.41. The molecule has 0 aliphatic carbocycles. The zero-order valence-corrected chi connectivity index (χ0v) is 18.1. The second kappa shape index (κ2) is 8.96. The van der Waals surface area contributed by atoms with E-state index in [4.69, 9.17) is 0 Å². The fourth-order valence-electron chi connectivity index (χ4n) is 2.84. The van der Waals surface area contributed by atoms with Crippen LogP contribution in [0.3, 0.4) is 0 Å². The van der Waals surface area contributed by atoms with Crippen LogP contribution in [0, 0.1) is 0 Å². The van der Waals surface area contributed by atoms with Gasteiger partial charge in [-0.15, -0.1) is 0 Å². The molecule has 0 spiro atoms. The van der Waals surface area contributed by atoms with E-state index in [2.05, 4.69) is 36.4 Å². The van der Waals surface area contributed by atoms with Gasteiger partial charge in [0.2, 0.25) is 0 Å². The van der Waals surface area contributed by atoms with Gasteiger partial charge in [-0.05, 0) is 33.4 Å². The summed E-state index contributed by atoms with van der Waals surface area (Å²) in [4.78, 5) is 0. The Morgan fingerprint density at radius 3 is 0.667 bits per heavy atom. The van der Waals surface area contributed by atoms with Gasteiger partial charge in [-0.3, -0.25) is 0 Å². The molecule has 0 unspecified atom stereocenters. The number of benzene rings is 2. The Hall–Kier alpha value is 0.540. The Morgan fingerprint density at radius 2 is 0.500 bits per heavy atom. The Morgan fingerprint density at radius 1 is 0.333 bits per heavy atom. The highest BCUT2D eigenvalue weighted by Crippen LogP contribution is 2.38. The van der Waals surface area contributed by atoms with E-state index >= 15 is 0 Å². The van der Waals surface area contributed by atoms with Gasteiger partial charge in [-0.1, -0.05) is 101 Å². The topological polar surface area (TPSA) is 0 Å². The predicted molar refractivity (Wildman–Crippen MR) is 121 cm³/mol. The molecule has 126 valence electrons. The van der Waals surface area contributed by atoms with Gasteiger partial charge >= 0.3 is 0 Å². The predicted octanol–water partition coefficient (Wildman–Crippen LogP) is 7.56. The molecule has 3 heterocycles. The minimum atomic E-state index is 1.10. The van der Waals surface area contributed by atoms with Crippen LogP contribution >= 0.6 is 64.8 Å². The van der Waals surface area contributed by atoms with Crippen molar-refractivity contribution in [1.29, 1.82) is 0 Å². The summed E-state index contributed by atoms with van der Waals surface area (Å²) in [7, 11) is 12.0. The van der Waals surface area contributed by atoms with Crippen LogP contribution in [-0.4, -0.2) is 0 Å². The van der Waals surface area contributed by atoms with Crippen LogP contribution in [0.25, 0.3) is 0 Å². The number of hydrogen-bond acceptors (Lipinski definition) is 6. The maximum Gasteiger partial charge on any atom is 0.0289 e. The molecule has 0 atom stereocenters. The first-order valence-corrected chi connectivity index (χ1v) is 15.3. The number of rotatable bonds is 0. The van der Waals surface area contributed by atoms with Crippen LogP contribution in [0.5, 0.6) is 0 Å². The van der Waals surface area contributed by atoms with E-state index in [1.165, 1.54) is 33.4 Å². The van der Waals surface area contributed by atoms with E-state index in [0.717, 1.165) is 34.5 Å². The molecule has 5 rings (SSSR count). The summed E-state index contributed by atoms with van der Waals surface area (Å²) in [5.74, 6) is 6.63. The smallest absolute Gasteiger partial charge is 0.0289 e. The molecule has 0 nitrogen and oxygen atoms in total. The van der Waals surface area contributed by atoms with E-state index in [9.17, 15) is 0 Å². The summed E-state index contributed by atoms with van der Waals surface area (Å²) < 4.78 is 0. The van der Waals surface area contributed by atoms with Gasteiger partial charge in [-0.25, -0.2) is 0 Å². The highest BCUT2D eigenvalue weighted by atomic mass is 33.1. The Kier molecular flexibility index (Phi) is 6.69. The van der Waals surface area contributed by atoms with Gasteiger partial charge in [0.05, 0.1) is 0 Å². The van der Waals surface area contributed by atoms with Gasteiger partial charge in [0.15, 0.2) is 0 Å². The van der Waals surface area contributed by atoms with Crippen LogP contribution in [-0.2, 0) is 34.5 Å². The molecule has 0 fully saturated rings. The fourth-order valence-corrected chi connectivity index (χ4v) is 9.10. The largest absolute Gasteiger partial charge is 0.0890 e. The highest BCUT2D eigenvalue weighted by molar-refractivity contribution is 8.76. The molecule has 6 bridgehead atoms. The summed E-state index contributed by atoms with van der Waals surface area (Å²) in [6, 6.07) is 14.5. The summed E-state index contributed by atoms with van der Waals surface area (Å²) in [5, 5.41) is 0. The summed E-state index contributed by atoms with van der Waals surface area (Å²) in [6.07, 6.45) is 0. The second-order valence-corrected chi connectivity index (χ2v) is 13.3. The normalized spacial score (nSPS) is 18.5. The third-order valence-electron chi connectivity index (χ3n) is 3.83. The summed E-state index contributed by atoms with van der Waals surface area (Å²) in [5.41, 5.74) is 8.92. The first-order valence-electron chi connectivity index (χ1n) is 7.82. The molecule has 3 aliphatic rings. The van der Waals surface area contributed by atoms with Crippen molar-refractivity contribution in [1.82, 2.24) is 0 Å². The van der Waals surface area contributed by atoms with Crippen molar-refractivity contribution in [3.63, 3.8) is 0 Å². The SMILES string of the molecule is c1c2cc3cc1CSSCc1cc(cc(c1)CSSC3)CSSC2. The number of fused-ring (bicyclic) bond motifs is 9. The van der Waals surface area contributed by atoms with Crippen LogP contribution < -0.4 is 0 Å². The van der Waals surface area contributed by atoms with Crippen molar-refractivity contribution in [2.45, 2.75) is 34.5 Å². The average molecular weight is 427 g/mol. The number of hydrogen-bond donors (Lipinski definition) is 0. The van der Waals surface area contributed by atoms with E-state index in [1.54, 1.807) is 0 Å². The molecule has 3 aliphatic heterocycles. The van der Waals surface area contributed by atoms with Crippen molar-refractivity contribution in [3.8, 4) is 0 Å². The monoisotopic (exact) mass is 426 g/mol. The minimum Gasteiger partial charge on any atom is -0.0890 e. The van der Waals surface area contributed by atoms with Crippen molar-refractivity contribution in [2.24, 2.45) is 0 Å². The molecule has 0 saturated heterocycles. The van der Waals surface area contributed by atoms with Crippen LogP contribution in [0.2, 0.25) is 0 Å². The zero-order valence-electron chi connectivity index (χ0n) is 13.2. The molecular formula is C18H18S6. The molecule has 24 heavy (non-hydrogen) atoms. The van der Waals surface area contributed by atoms with Crippen LogP contribution in [0.4, 0.5) is 0 Å². The van der Waals surface area contributed by atoms with Gasteiger partial charge in [0.25, 0.3) is 0 Å². The van der Waals surface area contributed by atoms with Crippen LogP contribution in [0.1, 0.15) is 33.4 Å². The molecule has 2 aromatic carbocycles. The Bertz CT molecular complexity index is 533. The molecule has 2 aromatic rings. The van der Waals surface area contributed by atoms with E-state index < -0.39 is 0 Å². The lowest BCUT2D eigenvalue weighted by atomic mass is 10.1. The summed E-state index contributed by atoms with van der Waals surface area (Å²) >= 11 is 0. The maximum absolute atomic E-state index is 2.41. The van der Waals surface area contributed by atoms with Gasteiger partial charge in [-0.2, -0.15) is 0 Å². The lowest BCUT2D eigenvalue weighted by molar-refractivity contribution is 1.27. The highest BCUT2D eigenvalue weighted by Gasteiger charge is 2.09. The van der Waals surface area contributed by atoms with Gasteiger partial charge in [0.1, 0.15) is 0 Å². The lowest BCUT2D eigenvalue weighted by Gasteiger charge is -2.14. The summed E-state index contributed by atoms with van der Waals surface area (Å²) in [6.45, 7) is 0. The van der Waals surface area contributed by atoms with Crippen LogP contribution in [0.15, 0.2) is 36.4 Å². The van der Waals surface area contributed by atoms with E-state index in [-0.39, 0.29) is 0 Å². The molecule has 0 aromatic heterocycles. The minimum absolute atomic E-state index is 1.10. The zero-order chi connectivity index (χ0) is 16.2. The Balaban J connectivity index is 1.70. The molecule has 0 radical (unpaired) electrons. The second-order valence-electron chi connectivity index (χ2n) is 5.89. The first kappa shape index (κ1) is 17.9. The fraction of sp³-hybridized carbons (Fsp3) is 0.333. The quantitative estimate of drug-likeness (QED) is 0.396. The van der Waals surface area contributed by atoms with Crippen molar-refractivity contribution in [3.05, 3.63) is 69.8 Å². The lowest BCUT2D eigenvalue weighted by Crippen LogP contribution is -1.93. The van der Waals surface area contributed by atoms with Gasteiger partial charge in [0, 0.05) is 34.5 Å². The Labute approximate surface area is 168 Å². The van der Waals surface area contributed by atoms with Crippen molar-refractivity contribution < 1.29 is 0 Å². The molecular weight excluding hydrogens is 409 g/mol. The third kappa shape index (κ3) is 5.04. The molecule has 0 N–H and O–H groups in total. The van der Waals surface area contributed by atoms with Crippen molar-refractivity contribution >= 4 is 64.8 Å². The molecule has 0 saturated carbocycles.